The maximum atomic E-state index is 12.2. The fraction of sp³-hybridized carbons (Fsp3) is 0.773. The summed E-state index contributed by atoms with van der Waals surface area (Å²) in [4.78, 5) is 4.44. The smallest absolute Gasteiger partial charge is 0.217 e. The molecule has 2 aliphatic rings. The third-order valence-corrected chi connectivity index (χ3v) is 8.20. The van der Waals surface area contributed by atoms with Gasteiger partial charge >= 0.3 is 0 Å². The van der Waals surface area contributed by atoms with Crippen molar-refractivity contribution in [2.75, 3.05) is 19.8 Å². The largest absolute Gasteiger partial charge is 0.478 e. The fourth-order valence-corrected chi connectivity index (χ4v) is 5.46. The summed E-state index contributed by atoms with van der Waals surface area (Å²) in [6, 6.07) is 1.99. The van der Waals surface area contributed by atoms with Crippen LogP contribution in [0.15, 0.2) is 12.3 Å². The van der Waals surface area contributed by atoms with E-state index in [1.165, 1.54) is 11.1 Å². The minimum absolute atomic E-state index is 0.0290. The van der Waals surface area contributed by atoms with Gasteiger partial charge in [0.1, 0.15) is 0 Å². The highest BCUT2D eigenvalue weighted by molar-refractivity contribution is 7.90. The summed E-state index contributed by atoms with van der Waals surface area (Å²) in [5.41, 5.74) is 2.49. The van der Waals surface area contributed by atoms with Crippen molar-refractivity contribution >= 4 is 10.0 Å². The van der Waals surface area contributed by atoms with Crippen molar-refractivity contribution in [3.63, 3.8) is 0 Å². The molecule has 0 unspecified atom stereocenters. The minimum Gasteiger partial charge on any atom is -0.478 e. The molecule has 0 aromatic carbocycles. The van der Waals surface area contributed by atoms with Crippen molar-refractivity contribution in [1.82, 2.24) is 15.0 Å². The second kappa shape index (κ2) is 10.4. The maximum Gasteiger partial charge on any atom is 0.217 e. The van der Waals surface area contributed by atoms with E-state index in [4.69, 9.17) is 9.47 Å². The van der Waals surface area contributed by atoms with Gasteiger partial charge in [0, 0.05) is 23.8 Å². The molecule has 2 atom stereocenters. The molecule has 1 aromatic heterocycles. The third-order valence-electron chi connectivity index (χ3n) is 6.33. The Kier molecular flexibility index (Phi) is 8.12. The first kappa shape index (κ1) is 23.4. The Morgan fingerprint density at radius 3 is 2.63 bits per heavy atom. The van der Waals surface area contributed by atoms with E-state index in [1.807, 2.05) is 13.1 Å². The molecular formula is C22H37N3O4S. The Labute approximate surface area is 181 Å². The van der Waals surface area contributed by atoms with Crippen molar-refractivity contribution in [2.45, 2.75) is 89.2 Å². The molecule has 7 nitrogen and oxygen atoms in total. The number of hydrogen-bond acceptors (Lipinski definition) is 6. The highest BCUT2D eigenvalue weighted by Gasteiger charge is 2.33. The van der Waals surface area contributed by atoms with Crippen LogP contribution in [0, 0.1) is 6.92 Å². The van der Waals surface area contributed by atoms with Gasteiger partial charge in [0.05, 0.1) is 24.6 Å². The molecule has 0 radical (unpaired) electrons. The Morgan fingerprint density at radius 1 is 1.23 bits per heavy atom. The number of nitrogens with one attached hydrogen (secondary N) is 2. The minimum atomic E-state index is -3.27. The summed E-state index contributed by atoms with van der Waals surface area (Å²) < 4.78 is 39.3. The number of aromatic nitrogens is 1. The van der Waals surface area contributed by atoms with Crippen LogP contribution in [0.5, 0.6) is 5.88 Å². The Morgan fingerprint density at radius 2 is 1.97 bits per heavy atom. The number of hydrogen-bond donors (Lipinski definition) is 2. The second-order valence-corrected chi connectivity index (χ2v) is 11.0. The van der Waals surface area contributed by atoms with Gasteiger partial charge in [-0.1, -0.05) is 0 Å². The van der Waals surface area contributed by atoms with E-state index in [2.05, 4.69) is 28.0 Å². The monoisotopic (exact) mass is 439 g/mol. The van der Waals surface area contributed by atoms with Crippen LogP contribution < -0.4 is 14.8 Å². The number of pyridine rings is 1. The molecule has 3 rings (SSSR count). The zero-order chi connectivity index (χ0) is 21.7. The molecule has 1 aliphatic carbocycles. The zero-order valence-electron chi connectivity index (χ0n) is 18.7. The van der Waals surface area contributed by atoms with Crippen LogP contribution in [-0.2, 0) is 14.8 Å². The van der Waals surface area contributed by atoms with E-state index < -0.39 is 15.3 Å². The van der Waals surface area contributed by atoms with E-state index in [9.17, 15) is 8.42 Å². The van der Waals surface area contributed by atoms with E-state index in [0.29, 0.717) is 19.1 Å². The number of sulfonamides is 1. The Hall–Kier alpha value is -1.22. The topological polar surface area (TPSA) is 89.6 Å². The summed E-state index contributed by atoms with van der Waals surface area (Å²) in [5, 5.41) is 2.97. The van der Waals surface area contributed by atoms with Gasteiger partial charge < -0.3 is 14.8 Å². The first-order chi connectivity index (χ1) is 14.3. The van der Waals surface area contributed by atoms with Crippen molar-refractivity contribution in [1.29, 1.82) is 0 Å². The summed E-state index contributed by atoms with van der Waals surface area (Å²) in [6.07, 6.45) is 6.94. The molecule has 2 fully saturated rings. The maximum absolute atomic E-state index is 12.2. The lowest BCUT2D eigenvalue weighted by atomic mass is 9.81. The van der Waals surface area contributed by atoms with E-state index in [-0.39, 0.29) is 18.2 Å². The molecule has 170 valence electrons. The average Bonchev–Trinajstić information content (AvgIpc) is 3.13. The average molecular weight is 440 g/mol. The van der Waals surface area contributed by atoms with Gasteiger partial charge in [0.25, 0.3) is 0 Å². The van der Waals surface area contributed by atoms with Crippen LogP contribution in [-0.4, -0.2) is 56.6 Å². The van der Waals surface area contributed by atoms with Gasteiger partial charge in [-0.05, 0) is 83.9 Å². The van der Waals surface area contributed by atoms with Crippen molar-refractivity contribution in [3.05, 3.63) is 23.4 Å². The molecule has 0 spiro atoms. The van der Waals surface area contributed by atoms with Crippen LogP contribution in [0.3, 0.4) is 0 Å². The van der Waals surface area contributed by atoms with E-state index >= 15 is 0 Å². The lowest BCUT2D eigenvalue weighted by molar-refractivity contribution is 0.0124. The Balaban J connectivity index is 1.51. The van der Waals surface area contributed by atoms with Crippen molar-refractivity contribution < 1.29 is 17.9 Å². The third kappa shape index (κ3) is 5.72. The van der Waals surface area contributed by atoms with Crippen LogP contribution in [0.4, 0.5) is 0 Å². The molecule has 0 amide bonds. The number of aryl methyl sites for hydroxylation is 1. The first-order valence-electron chi connectivity index (χ1n) is 11.3. The lowest BCUT2D eigenvalue weighted by Gasteiger charge is -2.31. The van der Waals surface area contributed by atoms with E-state index in [1.54, 1.807) is 13.8 Å². The van der Waals surface area contributed by atoms with E-state index in [0.717, 1.165) is 44.5 Å². The normalized spacial score (nSPS) is 27.5. The molecule has 30 heavy (non-hydrogen) atoms. The Bertz CT molecular complexity index is 792. The molecular weight excluding hydrogens is 402 g/mol. The van der Waals surface area contributed by atoms with Gasteiger partial charge in [0.2, 0.25) is 15.9 Å². The van der Waals surface area contributed by atoms with Crippen molar-refractivity contribution in [2.24, 2.45) is 0 Å². The van der Waals surface area contributed by atoms with Crippen molar-refractivity contribution in [3.8, 4) is 5.88 Å². The number of nitrogens with zero attached hydrogens (tertiary/aromatic N) is 1. The second-order valence-electron chi connectivity index (χ2n) is 8.75. The zero-order valence-corrected chi connectivity index (χ0v) is 19.5. The predicted molar refractivity (Wildman–Crippen MR) is 118 cm³/mol. The molecule has 1 aromatic rings. The molecule has 1 aliphatic heterocycles. The van der Waals surface area contributed by atoms with Gasteiger partial charge in [-0.3, -0.25) is 0 Å². The van der Waals surface area contributed by atoms with Gasteiger partial charge in [-0.25, -0.2) is 18.1 Å². The molecule has 2 heterocycles. The number of rotatable bonds is 9. The summed E-state index contributed by atoms with van der Waals surface area (Å²) in [5.74, 6) is 1.23. The van der Waals surface area contributed by atoms with Gasteiger partial charge in [0.15, 0.2) is 0 Å². The van der Waals surface area contributed by atoms with Gasteiger partial charge in [-0.2, -0.15) is 0 Å². The van der Waals surface area contributed by atoms with Crippen LogP contribution in [0.2, 0.25) is 0 Å². The molecule has 8 heteroatoms. The highest BCUT2D eigenvalue weighted by atomic mass is 32.2. The fourth-order valence-electron chi connectivity index (χ4n) is 4.48. The highest BCUT2D eigenvalue weighted by Crippen LogP contribution is 2.39. The molecule has 2 N–H and O–H groups in total. The van der Waals surface area contributed by atoms with Crippen LogP contribution >= 0.6 is 0 Å². The molecule has 1 saturated carbocycles. The quantitative estimate of drug-likeness (QED) is 0.615. The summed E-state index contributed by atoms with van der Waals surface area (Å²) in [6.45, 7) is 9.50. The molecule has 1 saturated heterocycles. The number of ether oxygens (including phenoxy) is 2. The lowest BCUT2D eigenvalue weighted by Crippen LogP contribution is -2.48. The summed E-state index contributed by atoms with van der Waals surface area (Å²) in [7, 11) is -3.27. The van der Waals surface area contributed by atoms with Crippen LogP contribution in [0.1, 0.15) is 69.9 Å². The van der Waals surface area contributed by atoms with Crippen LogP contribution in [0.25, 0.3) is 0 Å². The predicted octanol–water partition coefficient (Wildman–Crippen LogP) is 2.89. The first-order valence-corrected chi connectivity index (χ1v) is 12.8. The molecule has 0 bridgehead atoms. The summed E-state index contributed by atoms with van der Waals surface area (Å²) >= 11 is 0. The standard InChI is InChI=1S/C22H37N3O4S/c1-5-28-22-21(16(4)10-12-24-22)17-6-8-18(9-7-17)29-14-20-19(11-13-23-20)25-30(26,27)15(2)3/h10,12,15,17-20,23,25H,5-9,11,13-14H2,1-4H3/t17?,18?,19-,20-/m0/s1. The SMILES string of the molecule is CCOc1nccc(C)c1C1CCC(OC[C@@H]2NCC[C@@H]2NS(=O)(=O)C(C)C)CC1. The van der Waals surface area contributed by atoms with Gasteiger partial charge in [-0.15, -0.1) is 0 Å².